The first kappa shape index (κ1) is 19.0. The number of quaternary nitrogens is 1. The average molecular weight is 367 g/mol. The number of cyclic esters (lactones) is 1. The number of hydrogen-bond donors (Lipinski definition) is 2. The van der Waals surface area contributed by atoms with Crippen LogP contribution < -0.4 is 0 Å². The Morgan fingerprint density at radius 1 is 1.46 bits per heavy atom. The number of carbonyl (C=O) groups is 2. The molecule has 2 N–H and O–H groups in total. The number of carbonyl (C=O) groups excluding carboxylic acids is 2. The van der Waals surface area contributed by atoms with Gasteiger partial charge in [-0.1, -0.05) is 13.0 Å². The molecule has 2 unspecified atom stereocenters. The lowest BCUT2D eigenvalue weighted by Crippen LogP contribution is -2.51. The number of ether oxygens (including phenoxy) is 2. The number of aliphatic hydroxyl groups is 2. The van der Waals surface area contributed by atoms with Gasteiger partial charge in [0.2, 0.25) is 0 Å². The summed E-state index contributed by atoms with van der Waals surface area (Å²) in [5.74, 6) is -2.27. The molecule has 144 valence electrons. The van der Waals surface area contributed by atoms with Crippen molar-refractivity contribution in [2.45, 2.75) is 44.4 Å². The molecular weight excluding hydrogens is 342 g/mol. The van der Waals surface area contributed by atoms with Gasteiger partial charge in [0.15, 0.2) is 17.7 Å². The van der Waals surface area contributed by atoms with Gasteiger partial charge in [0.05, 0.1) is 19.7 Å². The molecule has 0 aromatic rings. The molecule has 8 heteroatoms. The van der Waals surface area contributed by atoms with Gasteiger partial charge in [-0.05, 0) is 19.4 Å². The molecule has 3 aliphatic heterocycles. The zero-order valence-corrected chi connectivity index (χ0v) is 15.0. The zero-order chi connectivity index (χ0) is 19.1. The topological polar surface area (TPSA) is 116 Å². The van der Waals surface area contributed by atoms with Gasteiger partial charge in [-0.15, -0.1) is 0 Å². The highest BCUT2D eigenvalue weighted by atomic mass is 16.6. The van der Waals surface area contributed by atoms with Gasteiger partial charge >= 0.3 is 11.9 Å². The molecule has 26 heavy (non-hydrogen) atoms. The fourth-order valence-corrected chi connectivity index (χ4v) is 4.08. The van der Waals surface area contributed by atoms with Gasteiger partial charge in [0, 0.05) is 23.5 Å². The number of nitrogens with zero attached hydrogens (tertiary/aromatic N) is 1. The fraction of sp³-hybridized carbons (Fsp3) is 0.667. The maximum Gasteiger partial charge on any atom is 0.341 e. The number of rotatable bonds is 1. The van der Waals surface area contributed by atoms with Gasteiger partial charge in [0.1, 0.15) is 6.61 Å². The summed E-state index contributed by atoms with van der Waals surface area (Å²) in [4.78, 5) is 25.0. The molecule has 0 aromatic heterocycles. The summed E-state index contributed by atoms with van der Waals surface area (Å²) in [5.41, 5.74) is -1.25. The molecule has 0 amide bonds. The Labute approximate surface area is 151 Å². The second-order valence-electron chi connectivity index (χ2n) is 7.39. The van der Waals surface area contributed by atoms with Crippen LogP contribution in [-0.2, 0) is 19.1 Å². The molecule has 0 saturated carbocycles. The second-order valence-corrected chi connectivity index (χ2v) is 7.39. The van der Waals surface area contributed by atoms with Crippen LogP contribution in [-0.4, -0.2) is 70.8 Å². The molecular formula is C18H25NO7. The normalized spacial score (nSPS) is 42.4. The Morgan fingerprint density at radius 2 is 2.19 bits per heavy atom. The fourth-order valence-electron chi connectivity index (χ4n) is 4.08. The first-order valence-electron chi connectivity index (χ1n) is 8.88. The third kappa shape index (κ3) is 2.96. The van der Waals surface area contributed by atoms with E-state index in [2.05, 4.69) is 0 Å². The first-order chi connectivity index (χ1) is 12.2. The molecule has 0 aromatic carbocycles. The van der Waals surface area contributed by atoms with Crippen molar-refractivity contribution < 1.29 is 33.9 Å². The van der Waals surface area contributed by atoms with E-state index in [1.807, 2.05) is 0 Å². The van der Waals surface area contributed by atoms with Gasteiger partial charge in [-0.25, -0.2) is 9.59 Å². The summed E-state index contributed by atoms with van der Waals surface area (Å²) >= 11 is 0. The van der Waals surface area contributed by atoms with Crippen molar-refractivity contribution in [2.75, 3.05) is 26.3 Å². The molecule has 0 aliphatic carbocycles. The summed E-state index contributed by atoms with van der Waals surface area (Å²) < 4.78 is 10.4. The summed E-state index contributed by atoms with van der Waals surface area (Å²) in [6, 6.07) is -0.594. The van der Waals surface area contributed by atoms with Gasteiger partial charge < -0.3 is 29.5 Å². The third-order valence-electron chi connectivity index (χ3n) is 5.87. The predicted molar refractivity (Wildman–Crippen MR) is 90.3 cm³/mol. The minimum absolute atomic E-state index is 0.0406. The minimum atomic E-state index is -2.13. The average Bonchev–Trinajstić information content (AvgIpc) is 3.11. The molecule has 0 bridgehead atoms. The van der Waals surface area contributed by atoms with E-state index in [1.54, 1.807) is 26.0 Å². The largest absolute Gasteiger partial charge is 0.632 e. The van der Waals surface area contributed by atoms with Crippen LogP contribution in [0.1, 0.15) is 26.7 Å². The maximum atomic E-state index is 12.9. The van der Waals surface area contributed by atoms with E-state index >= 15 is 0 Å². The molecule has 2 fully saturated rings. The highest BCUT2D eigenvalue weighted by molar-refractivity contribution is 5.89. The lowest BCUT2D eigenvalue weighted by Gasteiger charge is -2.41. The third-order valence-corrected chi connectivity index (χ3v) is 5.87. The molecule has 8 nitrogen and oxygen atoms in total. The van der Waals surface area contributed by atoms with Crippen molar-refractivity contribution in [3.63, 3.8) is 0 Å². The smallest absolute Gasteiger partial charge is 0.341 e. The number of allylic oxidation sites excluding steroid dienone is 1. The quantitative estimate of drug-likeness (QED) is 0.223. The standard InChI is InChI=1S/C18H25NO7/c1-3-12-8-11(2)18(23,10-20)17(22)25-9-13-4-6-19(24)7-5-14(15(13)19)26-16(12)21/h3-4,11,14-15,20,23H,5-10H2,1-2H3/b12-3-/t11-,14-,15?,18-,19?/m1/s1. The molecule has 0 radical (unpaired) electrons. The molecule has 0 spiro atoms. The van der Waals surface area contributed by atoms with Crippen LogP contribution in [0.15, 0.2) is 23.3 Å². The van der Waals surface area contributed by atoms with Crippen LogP contribution in [0.3, 0.4) is 0 Å². The number of esters is 2. The molecule has 3 rings (SSSR count). The molecule has 2 saturated heterocycles. The summed E-state index contributed by atoms with van der Waals surface area (Å²) in [7, 11) is 0. The van der Waals surface area contributed by atoms with E-state index in [0.717, 1.165) is 0 Å². The summed E-state index contributed by atoms with van der Waals surface area (Å²) in [5, 5.41) is 33.1. The van der Waals surface area contributed by atoms with Crippen molar-refractivity contribution in [3.05, 3.63) is 28.5 Å². The van der Waals surface area contributed by atoms with Crippen LogP contribution in [0.5, 0.6) is 0 Å². The van der Waals surface area contributed by atoms with Crippen molar-refractivity contribution in [1.82, 2.24) is 0 Å². The lowest BCUT2D eigenvalue weighted by molar-refractivity contribution is -0.877. The molecule has 3 aliphatic rings. The van der Waals surface area contributed by atoms with E-state index in [4.69, 9.17) is 9.47 Å². The Morgan fingerprint density at radius 3 is 2.85 bits per heavy atom. The second kappa shape index (κ2) is 6.77. The Kier molecular flexibility index (Phi) is 4.96. The SMILES string of the molecule is C/C=C1/C[C@@H](C)[C@](O)(CO)C(=O)OCC2=CC[N+]3([O-])CC[C@@H](OC1=O)C23. The highest BCUT2D eigenvalue weighted by Crippen LogP contribution is 2.39. The monoisotopic (exact) mass is 367 g/mol. The Hall–Kier alpha value is -1.74. The first-order valence-corrected chi connectivity index (χ1v) is 8.88. The Balaban J connectivity index is 1.96. The van der Waals surface area contributed by atoms with Gasteiger partial charge in [0.25, 0.3) is 0 Å². The van der Waals surface area contributed by atoms with Crippen LogP contribution in [0.25, 0.3) is 0 Å². The summed E-state index contributed by atoms with van der Waals surface area (Å²) in [6.45, 7) is 2.81. The van der Waals surface area contributed by atoms with E-state index in [0.29, 0.717) is 18.5 Å². The summed E-state index contributed by atoms with van der Waals surface area (Å²) in [6.07, 6.45) is 3.22. The van der Waals surface area contributed by atoms with Gasteiger partial charge in [-0.2, -0.15) is 0 Å². The van der Waals surface area contributed by atoms with Crippen LogP contribution in [0.2, 0.25) is 0 Å². The molecule has 5 atom stereocenters. The predicted octanol–water partition coefficient (Wildman–Crippen LogP) is 0.178. The van der Waals surface area contributed by atoms with Gasteiger partial charge in [-0.3, -0.25) is 0 Å². The number of aliphatic hydroxyl groups excluding tert-OH is 1. The van der Waals surface area contributed by atoms with E-state index in [9.17, 15) is 25.0 Å². The van der Waals surface area contributed by atoms with Crippen molar-refractivity contribution >= 4 is 11.9 Å². The highest BCUT2D eigenvalue weighted by Gasteiger charge is 2.51. The Bertz CT molecular complexity index is 672. The molecule has 3 heterocycles. The maximum absolute atomic E-state index is 12.9. The van der Waals surface area contributed by atoms with Crippen molar-refractivity contribution in [2.24, 2.45) is 5.92 Å². The zero-order valence-electron chi connectivity index (χ0n) is 15.0. The van der Waals surface area contributed by atoms with E-state index in [1.165, 1.54) is 0 Å². The van der Waals surface area contributed by atoms with Crippen LogP contribution >= 0.6 is 0 Å². The van der Waals surface area contributed by atoms with E-state index < -0.39 is 46.9 Å². The van der Waals surface area contributed by atoms with Crippen LogP contribution in [0, 0.1) is 11.1 Å². The lowest BCUT2D eigenvalue weighted by atomic mass is 9.84. The van der Waals surface area contributed by atoms with E-state index in [-0.39, 0.29) is 25.1 Å². The number of hydroxylamine groups is 3. The van der Waals surface area contributed by atoms with Crippen molar-refractivity contribution in [3.8, 4) is 0 Å². The minimum Gasteiger partial charge on any atom is -0.632 e. The number of hydrogen-bond acceptors (Lipinski definition) is 7. The van der Waals surface area contributed by atoms with Crippen LogP contribution in [0.4, 0.5) is 0 Å². The van der Waals surface area contributed by atoms with Crippen molar-refractivity contribution in [1.29, 1.82) is 0 Å².